The zero-order valence-corrected chi connectivity index (χ0v) is 16.0. The number of aromatic nitrogens is 3. The Balaban J connectivity index is 1.78. The lowest BCUT2D eigenvalue weighted by Crippen LogP contribution is -2.31. The number of hydrogen-bond acceptors (Lipinski definition) is 5. The van der Waals surface area contributed by atoms with Gasteiger partial charge in [0.1, 0.15) is 23.9 Å². The Bertz CT molecular complexity index is 1070. The van der Waals surface area contributed by atoms with Gasteiger partial charge in [-0.1, -0.05) is 18.2 Å². The Morgan fingerprint density at radius 3 is 2.76 bits per heavy atom. The number of nitrogens with one attached hydrogen (secondary N) is 2. The highest BCUT2D eigenvalue weighted by atomic mass is 19.1. The molecule has 0 saturated carbocycles. The lowest BCUT2D eigenvalue weighted by atomic mass is 9.94. The Labute approximate surface area is 167 Å². The normalized spacial score (nSPS) is 15.5. The van der Waals surface area contributed by atoms with Crippen molar-refractivity contribution < 1.29 is 13.9 Å². The Morgan fingerprint density at radius 2 is 2.00 bits per heavy atom. The van der Waals surface area contributed by atoms with Crippen molar-refractivity contribution in [1.82, 2.24) is 14.8 Å². The molecule has 0 spiro atoms. The van der Waals surface area contributed by atoms with Gasteiger partial charge in [0.05, 0.1) is 12.2 Å². The maximum absolute atomic E-state index is 13.2. The summed E-state index contributed by atoms with van der Waals surface area (Å²) in [5.41, 5.74) is 2.42. The molecule has 1 unspecified atom stereocenters. The molecule has 0 fully saturated rings. The van der Waals surface area contributed by atoms with Gasteiger partial charge >= 0.3 is 0 Å². The summed E-state index contributed by atoms with van der Waals surface area (Å²) in [6.45, 7) is 4.21. The average Bonchev–Trinajstić information content (AvgIpc) is 3.17. The summed E-state index contributed by atoms with van der Waals surface area (Å²) < 4.78 is 20.7. The van der Waals surface area contributed by atoms with Gasteiger partial charge < -0.3 is 15.4 Å². The third-order valence-corrected chi connectivity index (χ3v) is 4.65. The molecule has 0 radical (unpaired) electrons. The molecular weight excluding hydrogens is 373 g/mol. The minimum atomic E-state index is -0.531. The Morgan fingerprint density at radius 1 is 1.24 bits per heavy atom. The lowest BCUT2D eigenvalue weighted by Gasteiger charge is -2.29. The topological polar surface area (TPSA) is 81.1 Å². The molecule has 2 N–H and O–H groups in total. The second-order valence-corrected chi connectivity index (χ2v) is 6.53. The molecule has 7 nitrogen and oxygen atoms in total. The molecule has 1 amide bonds. The molecule has 1 aliphatic heterocycles. The third kappa shape index (κ3) is 3.56. The number of fused-ring (bicyclic) bond motifs is 1. The van der Waals surface area contributed by atoms with Crippen LogP contribution in [-0.2, 0) is 4.79 Å². The molecule has 29 heavy (non-hydrogen) atoms. The van der Waals surface area contributed by atoms with Crippen molar-refractivity contribution >= 4 is 17.5 Å². The van der Waals surface area contributed by atoms with Crippen LogP contribution < -0.4 is 15.4 Å². The third-order valence-electron chi connectivity index (χ3n) is 4.65. The van der Waals surface area contributed by atoms with Crippen LogP contribution in [0, 0.1) is 5.82 Å². The van der Waals surface area contributed by atoms with Gasteiger partial charge in [0.2, 0.25) is 5.95 Å². The number of carbonyl (C=O) groups is 1. The number of allylic oxidation sites excluding steroid dienone is 1. The molecule has 1 aromatic heterocycles. The minimum Gasteiger partial charge on any atom is -0.494 e. The van der Waals surface area contributed by atoms with Crippen LogP contribution in [0.3, 0.4) is 0 Å². The SMILES string of the molecule is CCOc1ccccc1C1C(C(=O)Nc2ccc(F)cc2)=C(C)Nc2ncnn21. The van der Waals surface area contributed by atoms with E-state index in [1.54, 1.807) is 4.68 Å². The van der Waals surface area contributed by atoms with Crippen LogP contribution in [0.1, 0.15) is 25.5 Å². The van der Waals surface area contributed by atoms with Gasteiger partial charge in [0.25, 0.3) is 5.91 Å². The molecule has 0 saturated heterocycles. The predicted molar refractivity (Wildman–Crippen MR) is 107 cm³/mol. The number of ether oxygens (including phenoxy) is 1. The first-order chi connectivity index (χ1) is 14.1. The van der Waals surface area contributed by atoms with Gasteiger partial charge in [-0.25, -0.2) is 9.07 Å². The number of benzene rings is 2. The van der Waals surface area contributed by atoms with E-state index in [2.05, 4.69) is 20.7 Å². The van der Waals surface area contributed by atoms with Crippen LogP contribution in [0.4, 0.5) is 16.0 Å². The van der Waals surface area contributed by atoms with E-state index in [9.17, 15) is 9.18 Å². The van der Waals surface area contributed by atoms with Gasteiger partial charge in [-0.3, -0.25) is 4.79 Å². The zero-order chi connectivity index (χ0) is 20.4. The molecule has 1 aliphatic rings. The largest absolute Gasteiger partial charge is 0.494 e. The van der Waals surface area contributed by atoms with Crippen LogP contribution in [-0.4, -0.2) is 27.3 Å². The molecule has 0 aliphatic carbocycles. The van der Waals surface area contributed by atoms with E-state index < -0.39 is 6.04 Å². The van der Waals surface area contributed by atoms with Crippen LogP contribution in [0.25, 0.3) is 0 Å². The van der Waals surface area contributed by atoms with E-state index in [4.69, 9.17) is 4.74 Å². The van der Waals surface area contributed by atoms with E-state index in [1.165, 1.54) is 30.6 Å². The number of amides is 1. The van der Waals surface area contributed by atoms with Crippen LogP contribution >= 0.6 is 0 Å². The van der Waals surface area contributed by atoms with Gasteiger partial charge in [-0.05, 0) is 44.2 Å². The van der Waals surface area contributed by atoms with E-state index in [0.717, 1.165) is 5.56 Å². The van der Waals surface area contributed by atoms with Crippen molar-refractivity contribution in [3.63, 3.8) is 0 Å². The quantitative estimate of drug-likeness (QED) is 0.690. The first-order valence-corrected chi connectivity index (χ1v) is 9.24. The van der Waals surface area contributed by atoms with Crippen molar-refractivity contribution in [2.45, 2.75) is 19.9 Å². The van der Waals surface area contributed by atoms with E-state index in [1.807, 2.05) is 38.1 Å². The number of anilines is 2. The van der Waals surface area contributed by atoms with Crippen LogP contribution in [0.15, 0.2) is 66.1 Å². The fourth-order valence-corrected chi connectivity index (χ4v) is 3.40. The molecule has 2 heterocycles. The van der Waals surface area contributed by atoms with Crippen LogP contribution in [0.2, 0.25) is 0 Å². The molecule has 1 atom stereocenters. The van der Waals surface area contributed by atoms with Gasteiger partial charge in [-0.15, -0.1) is 0 Å². The average molecular weight is 393 g/mol. The summed E-state index contributed by atoms with van der Waals surface area (Å²) in [6, 6.07) is 12.6. The number of carbonyl (C=O) groups excluding carboxylic acids is 1. The highest BCUT2D eigenvalue weighted by Gasteiger charge is 2.35. The second-order valence-electron chi connectivity index (χ2n) is 6.53. The fourth-order valence-electron chi connectivity index (χ4n) is 3.40. The van der Waals surface area contributed by atoms with Gasteiger partial charge in [0.15, 0.2) is 0 Å². The molecule has 2 aromatic carbocycles. The fraction of sp³-hybridized carbons (Fsp3) is 0.190. The predicted octanol–water partition coefficient (Wildman–Crippen LogP) is 3.74. The molecular formula is C21H20FN5O2. The van der Waals surface area contributed by atoms with Crippen molar-refractivity contribution in [3.8, 4) is 5.75 Å². The zero-order valence-electron chi connectivity index (χ0n) is 16.0. The lowest BCUT2D eigenvalue weighted by molar-refractivity contribution is -0.113. The first-order valence-electron chi connectivity index (χ1n) is 9.24. The van der Waals surface area contributed by atoms with Crippen LogP contribution in [0.5, 0.6) is 5.75 Å². The molecule has 4 rings (SSSR count). The Hall–Kier alpha value is -3.68. The monoisotopic (exact) mass is 393 g/mol. The summed E-state index contributed by atoms with van der Waals surface area (Å²) in [5.74, 6) is 0.521. The maximum Gasteiger partial charge on any atom is 0.255 e. The molecule has 8 heteroatoms. The summed E-state index contributed by atoms with van der Waals surface area (Å²) >= 11 is 0. The minimum absolute atomic E-state index is 0.320. The summed E-state index contributed by atoms with van der Waals surface area (Å²) in [6.07, 6.45) is 1.44. The number of hydrogen-bond donors (Lipinski definition) is 2. The molecule has 0 bridgehead atoms. The molecule has 3 aromatic rings. The molecule has 148 valence electrons. The maximum atomic E-state index is 13.2. The first kappa shape index (κ1) is 18.7. The summed E-state index contributed by atoms with van der Waals surface area (Å²) in [7, 11) is 0. The van der Waals surface area contributed by atoms with Crippen molar-refractivity contribution in [2.24, 2.45) is 0 Å². The number of nitrogens with zero attached hydrogens (tertiary/aromatic N) is 3. The summed E-state index contributed by atoms with van der Waals surface area (Å²) in [4.78, 5) is 17.5. The van der Waals surface area contributed by atoms with Crippen molar-refractivity contribution in [3.05, 3.63) is 77.5 Å². The number of para-hydroxylation sites is 1. The summed E-state index contributed by atoms with van der Waals surface area (Å²) in [5, 5.41) is 10.3. The van der Waals surface area contributed by atoms with Crippen molar-refractivity contribution in [2.75, 3.05) is 17.2 Å². The van der Waals surface area contributed by atoms with E-state index >= 15 is 0 Å². The highest BCUT2D eigenvalue weighted by Crippen LogP contribution is 2.39. The second kappa shape index (κ2) is 7.75. The highest BCUT2D eigenvalue weighted by molar-refractivity contribution is 6.06. The smallest absolute Gasteiger partial charge is 0.255 e. The number of rotatable bonds is 5. The standard InChI is InChI=1S/C21H20FN5O2/c1-3-29-17-7-5-4-6-16(17)19-18(13(2)25-21-23-12-24-27(19)21)20(28)26-15-10-8-14(22)9-11-15/h4-12,19H,3H2,1-2H3,(H,26,28)(H,23,24,25). The van der Waals surface area contributed by atoms with E-state index in [0.29, 0.717) is 35.3 Å². The van der Waals surface area contributed by atoms with E-state index in [-0.39, 0.29) is 11.7 Å². The Kier molecular flexibility index (Phi) is 4.99. The number of halogens is 1. The van der Waals surface area contributed by atoms with Gasteiger partial charge in [-0.2, -0.15) is 10.1 Å². The van der Waals surface area contributed by atoms with Gasteiger partial charge in [0, 0.05) is 16.9 Å². The van der Waals surface area contributed by atoms with Crippen molar-refractivity contribution in [1.29, 1.82) is 0 Å².